The number of nitrogens with zero attached hydrogens (tertiary/aromatic N) is 1. The average Bonchev–Trinajstić information content (AvgIpc) is 2.10. The van der Waals surface area contributed by atoms with E-state index in [4.69, 9.17) is 9.05 Å². The number of carbonyl (C=O) groups excluding carboxylic acids is 1. The van der Waals surface area contributed by atoms with Crippen LogP contribution in [0.3, 0.4) is 0 Å². The van der Waals surface area contributed by atoms with Gasteiger partial charge in [0, 0.05) is 0 Å². The van der Waals surface area contributed by atoms with Crippen molar-refractivity contribution in [3.8, 4) is 0 Å². The Balaban J connectivity index is 4.93. The van der Waals surface area contributed by atoms with E-state index in [2.05, 4.69) is 44.0 Å². The molecule has 0 atom stereocenters. The summed E-state index contributed by atoms with van der Waals surface area (Å²) < 4.78 is 16.2. The van der Waals surface area contributed by atoms with Gasteiger partial charge in [-0.1, -0.05) is 0 Å². The highest BCUT2D eigenvalue weighted by Crippen LogP contribution is 2.14. The third-order valence-electron chi connectivity index (χ3n) is 1.53. The molecule has 0 rings (SSSR count). The maximum absolute atomic E-state index is 11.4. The first kappa shape index (κ1) is 17.4. The molecule has 0 amide bonds. The Morgan fingerprint density at radius 2 is 1.39 bits per heavy atom. The fourth-order valence-electron chi connectivity index (χ4n) is 0.983. The molecule has 106 valence electrons. The van der Waals surface area contributed by atoms with Crippen LogP contribution in [-0.2, 0) is 18.6 Å². The monoisotopic (exact) mass is 291 g/mol. The standard InChI is InChI=1S/C11H25NO4Si2/c1-10(11(13)14-2)9-12(15-17(3,4)5)16-18(6,7)8/h9H,1-8H3/b10-9+. The van der Waals surface area contributed by atoms with Crippen molar-refractivity contribution in [2.24, 2.45) is 0 Å². The van der Waals surface area contributed by atoms with Crippen molar-refractivity contribution in [1.82, 2.24) is 5.23 Å². The summed E-state index contributed by atoms with van der Waals surface area (Å²) in [5.74, 6) is -0.390. The number of ether oxygens (including phenoxy) is 1. The van der Waals surface area contributed by atoms with Crippen molar-refractivity contribution in [2.75, 3.05) is 7.11 Å². The lowest BCUT2D eigenvalue weighted by atomic mass is 10.3. The summed E-state index contributed by atoms with van der Waals surface area (Å²) >= 11 is 0. The van der Waals surface area contributed by atoms with Crippen LogP contribution in [-0.4, -0.2) is 34.9 Å². The van der Waals surface area contributed by atoms with E-state index in [0.717, 1.165) is 0 Å². The van der Waals surface area contributed by atoms with E-state index in [1.54, 1.807) is 13.1 Å². The molecule has 0 saturated carbocycles. The molecule has 0 heterocycles. The van der Waals surface area contributed by atoms with Crippen molar-refractivity contribution >= 4 is 22.6 Å². The van der Waals surface area contributed by atoms with Crippen LogP contribution in [0, 0.1) is 0 Å². The molecule has 0 aromatic carbocycles. The number of hydrogen-bond acceptors (Lipinski definition) is 5. The van der Waals surface area contributed by atoms with Crippen molar-refractivity contribution in [3.05, 3.63) is 11.8 Å². The number of hydrogen-bond donors (Lipinski definition) is 0. The Kier molecular flexibility index (Phi) is 6.28. The summed E-state index contributed by atoms with van der Waals surface area (Å²) in [6.45, 7) is 14.0. The molecule has 5 nitrogen and oxygen atoms in total. The largest absolute Gasteiger partial charge is 0.466 e. The molecule has 0 radical (unpaired) electrons. The van der Waals surface area contributed by atoms with Crippen molar-refractivity contribution in [2.45, 2.75) is 46.2 Å². The summed E-state index contributed by atoms with van der Waals surface area (Å²) in [6, 6.07) is 0. The van der Waals surface area contributed by atoms with Gasteiger partial charge in [-0.25, -0.2) is 4.79 Å². The maximum Gasteiger partial charge on any atom is 0.335 e. The van der Waals surface area contributed by atoms with E-state index in [0.29, 0.717) is 5.57 Å². The number of rotatable bonds is 6. The van der Waals surface area contributed by atoms with Crippen LogP contribution in [0.5, 0.6) is 0 Å². The number of carbonyl (C=O) groups is 1. The van der Waals surface area contributed by atoms with Gasteiger partial charge in [0.25, 0.3) is 0 Å². The second-order valence-corrected chi connectivity index (χ2v) is 14.8. The van der Waals surface area contributed by atoms with Gasteiger partial charge in [0.05, 0.1) is 18.9 Å². The molecular formula is C11H25NO4Si2. The minimum atomic E-state index is -1.81. The van der Waals surface area contributed by atoms with Gasteiger partial charge in [0.15, 0.2) is 0 Å². The first-order valence-corrected chi connectivity index (χ1v) is 12.7. The maximum atomic E-state index is 11.4. The fourth-order valence-corrected chi connectivity index (χ4v) is 2.32. The smallest absolute Gasteiger partial charge is 0.335 e. The van der Waals surface area contributed by atoms with Crippen LogP contribution in [0.2, 0.25) is 39.3 Å². The number of hydroxylamine groups is 2. The zero-order valence-corrected chi connectivity index (χ0v) is 14.7. The van der Waals surface area contributed by atoms with Gasteiger partial charge in [0.2, 0.25) is 16.6 Å². The first-order valence-electron chi connectivity index (χ1n) is 5.89. The highest BCUT2D eigenvalue weighted by molar-refractivity contribution is 6.70. The molecule has 0 unspecified atom stereocenters. The van der Waals surface area contributed by atoms with Crippen LogP contribution in [0.1, 0.15) is 6.92 Å². The zero-order chi connectivity index (χ0) is 14.6. The molecule has 18 heavy (non-hydrogen) atoms. The van der Waals surface area contributed by atoms with E-state index in [-0.39, 0.29) is 0 Å². The van der Waals surface area contributed by atoms with Crippen LogP contribution in [0.15, 0.2) is 11.8 Å². The second-order valence-electron chi connectivity index (χ2n) is 6.00. The predicted octanol–water partition coefficient (Wildman–Crippen LogP) is 2.90. The van der Waals surface area contributed by atoms with E-state index in [1.807, 2.05) is 0 Å². The zero-order valence-electron chi connectivity index (χ0n) is 12.7. The lowest BCUT2D eigenvalue weighted by molar-refractivity contribution is -0.232. The van der Waals surface area contributed by atoms with Crippen LogP contribution in [0.25, 0.3) is 0 Å². The normalized spacial score (nSPS) is 13.4. The second kappa shape index (κ2) is 6.51. The molecule has 0 fully saturated rings. The highest BCUT2D eigenvalue weighted by Gasteiger charge is 2.25. The van der Waals surface area contributed by atoms with Crippen LogP contribution < -0.4 is 0 Å². The average molecular weight is 291 g/mol. The fraction of sp³-hybridized carbons (Fsp3) is 0.727. The van der Waals surface area contributed by atoms with Gasteiger partial charge in [-0.15, -0.1) is 0 Å². The molecule has 0 saturated heterocycles. The molecule has 0 aliphatic heterocycles. The Bertz CT molecular complexity index is 302. The minimum absolute atomic E-state index is 0.390. The van der Waals surface area contributed by atoms with Gasteiger partial charge in [0.1, 0.15) is 0 Å². The summed E-state index contributed by atoms with van der Waals surface area (Å²) in [7, 11) is -2.26. The SMILES string of the molecule is COC(=O)/C(C)=C/N(O[Si](C)(C)C)O[Si](C)(C)C. The summed E-state index contributed by atoms with van der Waals surface area (Å²) in [6.07, 6.45) is 1.54. The molecule has 0 N–H and O–H groups in total. The molecular weight excluding hydrogens is 266 g/mol. The topological polar surface area (TPSA) is 48.0 Å². The third kappa shape index (κ3) is 8.45. The van der Waals surface area contributed by atoms with Crippen LogP contribution >= 0.6 is 0 Å². The van der Waals surface area contributed by atoms with Gasteiger partial charge >= 0.3 is 5.97 Å². The van der Waals surface area contributed by atoms with E-state index >= 15 is 0 Å². The van der Waals surface area contributed by atoms with Gasteiger partial charge in [-0.05, 0) is 46.2 Å². The molecule has 0 spiro atoms. The van der Waals surface area contributed by atoms with Crippen molar-refractivity contribution in [3.63, 3.8) is 0 Å². The molecule has 0 aromatic rings. The van der Waals surface area contributed by atoms with E-state index in [1.165, 1.54) is 12.3 Å². The third-order valence-corrected chi connectivity index (χ3v) is 2.99. The van der Waals surface area contributed by atoms with E-state index in [9.17, 15) is 4.79 Å². The quantitative estimate of drug-likeness (QED) is 0.326. The summed E-state index contributed by atoms with van der Waals surface area (Å²) in [5.41, 5.74) is 0.439. The molecule has 7 heteroatoms. The minimum Gasteiger partial charge on any atom is -0.466 e. The summed E-state index contributed by atoms with van der Waals surface area (Å²) in [4.78, 5) is 11.4. The Labute approximate surface area is 112 Å². The lowest BCUT2D eigenvalue weighted by Crippen LogP contribution is -2.41. The van der Waals surface area contributed by atoms with E-state index < -0.39 is 22.6 Å². The van der Waals surface area contributed by atoms with Crippen LogP contribution in [0.4, 0.5) is 0 Å². The molecule has 0 aliphatic rings. The number of methoxy groups -OCH3 is 1. The first-order chi connectivity index (χ1) is 7.94. The Morgan fingerprint density at radius 3 is 1.67 bits per heavy atom. The molecule has 0 bridgehead atoms. The van der Waals surface area contributed by atoms with Crippen molar-refractivity contribution < 1.29 is 18.6 Å². The van der Waals surface area contributed by atoms with Gasteiger partial charge < -0.3 is 4.74 Å². The molecule has 0 aromatic heterocycles. The number of esters is 1. The lowest BCUT2D eigenvalue weighted by Gasteiger charge is -2.32. The summed E-state index contributed by atoms with van der Waals surface area (Å²) in [5, 5.41) is 1.34. The van der Waals surface area contributed by atoms with Crippen molar-refractivity contribution in [1.29, 1.82) is 0 Å². The van der Waals surface area contributed by atoms with Gasteiger partial charge in [-0.3, -0.25) is 9.05 Å². The predicted molar refractivity (Wildman–Crippen MR) is 76.5 cm³/mol. The highest BCUT2D eigenvalue weighted by atomic mass is 28.4. The van der Waals surface area contributed by atoms with Gasteiger partial charge in [-0.2, -0.15) is 5.23 Å². The molecule has 0 aliphatic carbocycles. The Hall–Kier alpha value is -0.636. The Morgan fingerprint density at radius 1 is 1.00 bits per heavy atom.